The van der Waals surface area contributed by atoms with Crippen LogP contribution in [-0.4, -0.2) is 4.98 Å². The van der Waals surface area contributed by atoms with Crippen LogP contribution in [0.4, 0.5) is 13.2 Å². The summed E-state index contributed by atoms with van der Waals surface area (Å²) in [5.74, 6) is 0. The van der Waals surface area contributed by atoms with E-state index in [2.05, 4.69) is 4.98 Å². The van der Waals surface area contributed by atoms with Gasteiger partial charge in [0.05, 0.1) is 21.2 Å². The van der Waals surface area contributed by atoms with E-state index in [1.807, 2.05) is 0 Å². The highest BCUT2D eigenvalue weighted by Crippen LogP contribution is 2.40. The average molecular weight is 308 g/mol. The first-order valence-corrected chi connectivity index (χ1v) is 5.81. The van der Waals surface area contributed by atoms with E-state index in [9.17, 15) is 18.0 Å². The third-order valence-electron chi connectivity index (χ3n) is 2.48. The van der Waals surface area contributed by atoms with E-state index in [0.717, 1.165) is 12.3 Å². The number of aromatic amines is 1. The second-order valence-electron chi connectivity index (χ2n) is 3.69. The Kier molecular flexibility index (Phi) is 3.60. The van der Waals surface area contributed by atoms with Crippen LogP contribution in [-0.2, 0) is 6.18 Å². The quantitative estimate of drug-likeness (QED) is 0.834. The van der Waals surface area contributed by atoms with Crippen molar-refractivity contribution in [2.45, 2.75) is 6.18 Å². The Morgan fingerprint density at radius 1 is 1.00 bits per heavy atom. The van der Waals surface area contributed by atoms with E-state index in [4.69, 9.17) is 23.2 Å². The van der Waals surface area contributed by atoms with Gasteiger partial charge < -0.3 is 4.98 Å². The van der Waals surface area contributed by atoms with Gasteiger partial charge in [-0.2, -0.15) is 13.2 Å². The fourth-order valence-electron chi connectivity index (χ4n) is 1.70. The molecule has 7 heteroatoms. The fraction of sp³-hybridized carbons (Fsp3) is 0.0833. The lowest BCUT2D eigenvalue weighted by atomic mass is 10.0. The summed E-state index contributed by atoms with van der Waals surface area (Å²) in [6.45, 7) is 0. The molecule has 1 heterocycles. The SMILES string of the molecule is O=c1[nH]ccc(C(F)(F)F)c1-c1c(Cl)cccc1Cl. The van der Waals surface area contributed by atoms with Crippen molar-refractivity contribution < 1.29 is 13.2 Å². The highest BCUT2D eigenvalue weighted by Gasteiger charge is 2.35. The van der Waals surface area contributed by atoms with E-state index in [-0.39, 0.29) is 15.6 Å². The molecule has 0 aliphatic heterocycles. The van der Waals surface area contributed by atoms with Gasteiger partial charge in [0.15, 0.2) is 0 Å². The van der Waals surface area contributed by atoms with Gasteiger partial charge in [-0.05, 0) is 18.2 Å². The van der Waals surface area contributed by atoms with Crippen molar-refractivity contribution in [2.75, 3.05) is 0 Å². The highest BCUT2D eigenvalue weighted by atomic mass is 35.5. The van der Waals surface area contributed by atoms with Gasteiger partial charge in [0.2, 0.25) is 0 Å². The molecule has 0 amide bonds. The van der Waals surface area contributed by atoms with Gasteiger partial charge in [-0.1, -0.05) is 29.3 Å². The summed E-state index contributed by atoms with van der Waals surface area (Å²) < 4.78 is 38.8. The van der Waals surface area contributed by atoms with Crippen molar-refractivity contribution in [1.29, 1.82) is 0 Å². The summed E-state index contributed by atoms with van der Waals surface area (Å²) in [5, 5.41) is -0.0376. The summed E-state index contributed by atoms with van der Waals surface area (Å²) in [6, 6.07) is 5.00. The molecule has 2 rings (SSSR count). The summed E-state index contributed by atoms with van der Waals surface area (Å²) in [4.78, 5) is 13.9. The van der Waals surface area contributed by atoms with E-state index in [1.165, 1.54) is 18.2 Å². The average Bonchev–Trinajstić information content (AvgIpc) is 2.29. The second-order valence-corrected chi connectivity index (χ2v) is 4.50. The lowest BCUT2D eigenvalue weighted by Crippen LogP contribution is -2.17. The van der Waals surface area contributed by atoms with Crippen LogP contribution in [0.1, 0.15) is 5.56 Å². The minimum absolute atomic E-state index is 0.0188. The molecule has 100 valence electrons. The van der Waals surface area contributed by atoms with Gasteiger partial charge >= 0.3 is 6.18 Å². The molecule has 0 spiro atoms. The summed E-state index contributed by atoms with van der Waals surface area (Å²) in [6.07, 6.45) is -3.74. The molecule has 0 fully saturated rings. The molecule has 0 radical (unpaired) electrons. The van der Waals surface area contributed by atoms with Gasteiger partial charge in [0.25, 0.3) is 5.56 Å². The molecule has 19 heavy (non-hydrogen) atoms. The predicted octanol–water partition coefficient (Wildman–Crippen LogP) is 4.37. The van der Waals surface area contributed by atoms with Gasteiger partial charge in [-0.15, -0.1) is 0 Å². The number of halogens is 5. The maximum absolute atomic E-state index is 12.9. The third kappa shape index (κ3) is 2.62. The van der Waals surface area contributed by atoms with Crippen LogP contribution in [0.15, 0.2) is 35.3 Å². The number of H-pyrrole nitrogens is 1. The van der Waals surface area contributed by atoms with Crippen molar-refractivity contribution >= 4 is 23.2 Å². The van der Waals surface area contributed by atoms with E-state index >= 15 is 0 Å². The Morgan fingerprint density at radius 3 is 2.11 bits per heavy atom. The standard InChI is InChI=1S/C12H6Cl2F3NO/c13-7-2-1-3-8(14)10(7)9-6(12(15,16)17)4-5-18-11(9)19/h1-5H,(H,18,19). The van der Waals surface area contributed by atoms with Gasteiger partial charge in [-0.3, -0.25) is 4.79 Å². The Labute approximate surface area is 115 Å². The first kappa shape index (κ1) is 14.0. The fourth-order valence-corrected chi connectivity index (χ4v) is 2.29. The van der Waals surface area contributed by atoms with Crippen LogP contribution in [0.5, 0.6) is 0 Å². The van der Waals surface area contributed by atoms with Crippen molar-refractivity contribution in [1.82, 2.24) is 4.98 Å². The normalized spacial score (nSPS) is 11.6. The number of nitrogens with one attached hydrogen (secondary N) is 1. The minimum Gasteiger partial charge on any atom is -0.329 e. The Bertz CT molecular complexity index is 659. The summed E-state index contributed by atoms with van der Waals surface area (Å²) in [5.41, 5.74) is -2.68. The van der Waals surface area contributed by atoms with Crippen molar-refractivity contribution in [3.05, 3.63) is 56.4 Å². The molecule has 1 aromatic heterocycles. The van der Waals surface area contributed by atoms with Gasteiger partial charge in [0, 0.05) is 11.8 Å². The zero-order chi connectivity index (χ0) is 14.2. The Morgan fingerprint density at radius 2 is 1.58 bits per heavy atom. The number of hydrogen-bond acceptors (Lipinski definition) is 1. The first-order valence-electron chi connectivity index (χ1n) is 5.05. The lowest BCUT2D eigenvalue weighted by molar-refractivity contribution is -0.137. The third-order valence-corrected chi connectivity index (χ3v) is 3.11. The maximum Gasteiger partial charge on any atom is 0.417 e. The van der Waals surface area contributed by atoms with E-state index in [1.54, 1.807) is 0 Å². The molecule has 0 saturated heterocycles. The molecule has 1 aromatic carbocycles. The van der Waals surface area contributed by atoms with E-state index < -0.39 is 22.9 Å². The second kappa shape index (κ2) is 4.90. The molecular weight excluding hydrogens is 302 g/mol. The van der Waals surface area contributed by atoms with Crippen LogP contribution in [0.2, 0.25) is 10.0 Å². The summed E-state index contributed by atoms with van der Waals surface area (Å²) in [7, 11) is 0. The van der Waals surface area contributed by atoms with Crippen molar-refractivity contribution in [3.63, 3.8) is 0 Å². The molecular formula is C12H6Cl2F3NO. The number of pyridine rings is 1. The van der Waals surface area contributed by atoms with Crippen LogP contribution in [0, 0.1) is 0 Å². The zero-order valence-electron chi connectivity index (χ0n) is 9.18. The number of alkyl halides is 3. The molecule has 2 aromatic rings. The highest BCUT2D eigenvalue weighted by molar-refractivity contribution is 6.39. The zero-order valence-corrected chi connectivity index (χ0v) is 10.7. The molecule has 0 atom stereocenters. The molecule has 0 unspecified atom stereocenters. The molecule has 1 N–H and O–H groups in total. The number of rotatable bonds is 1. The lowest BCUT2D eigenvalue weighted by Gasteiger charge is -2.13. The largest absolute Gasteiger partial charge is 0.417 e. The smallest absolute Gasteiger partial charge is 0.329 e. The predicted molar refractivity (Wildman–Crippen MR) is 67.5 cm³/mol. The molecule has 0 aliphatic rings. The van der Waals surface area contributed by atoms with Crippen LogP contribution >= 0.6 is 23.2 Å². The summed E-state index contributed by atoms with van der Waals surface area (Å²) >= 11 is 11.7. The van der Waals surface area contributed by atoms with Gasteiger partial charge in [-0.25, -0.2) is 0 Å². The number of aromatic nitrogens is 1. The molecule has 0 aliphatic carbocycles. The van der Waals surface area contributed by atoms with Gasteiger partial charge in [0.1, 0.15) is 0 Å². The van der Waals surface area contributed by atoms with Crippen molar-refractivity contribution in [3.8, 4) is 11.1 Å². The molecule has 2 nitrogen and oxygen atoms in total. The monoisotopic (exact) mass is 307 g/mol. The van der Waals surface area contributed by atoms with Crippen LogP contribution in [0.3, 0.4) is 0 Å². The van der Waals surface area contributed by atoms with E-state index in [0.29, 0.717) is 0 Å². The van der Waals surface area contributed by atoms with Crippen LogP contribution < -0.4 is 5.56 Å². The van der Waals surface area contributed by atoms with Crippen molar-refractivity contribution in [2.24, 2.45) is 0 Å². The Hall–Kier alpha value is -1.46. The topological polar surface area (TPSA) is 32.9 Å². The number of hydrogen-bond donors (Lipinski definition) is 1. The number of benzene rings is 1. The molecule has 0 saturated carbocycles. The first-order chi connectivity index (χ1) is 8.82. The minimum atomic E-state index is -4.67. The molecule has 0 bridgehead atoms. The maximum atomic E-state index is 12.9. The Balaban J connectivity index is 2.87. The van der Waals surface area contributed by atoms with Crippen LogP contribution in [0.25, 0.3) is 11.1 Å².